The summed E-state index contributed by atoms with van der Waals surface area (Å²) < 4.78 is 6.16. The monoisotopic (exact) mass is 321 g/mol. The number of anilines is 1. The number of phenolic OH excluding ortho intramolecular Hbond substituents is 1. The summed E-state index contributed by atoms with van der Waals surface area (Å²) in [4.78, 5) is 0. The molecule has 19 heavy (non-hydrogen) atoms. The molecule has 1 unspecified atom stereocenters. The first-order valence-corrected chi connectivity index (χ1v) is 6.79. The van der Waals surface area contributed by atoms with Crippen molar-refractivity contribution in [3.63, 3.8) is 0 Å². The van der Waals surface area contributed by atoms with Crippen molar-refractivity contribution in [3.8, 4) is 11.5 Å². The third-order valence-corrected chi connectivity index (χ3v) is 3.64. The molecule has 0 aliphatic heterocycles. The number of aromatic hydroxyl groups is 1. The Kier molecular flexibility index (Phi) is 4.32. The van der Waals surface area contributed by atoms with Gasteiger partial charge in [0.25, 0.3) is 0 Å². The standard InChI is InChI=1S/C15H16BrNO2/c1-10(12-5-3-4-6-15(12)18)17-14-9-11(19-2)7-8-13(14)16/h3-10,17-18H,1-2H3. The SMILES string of the molecule is COc1ccc(Br)c(NC(C)c2ccccc2O)c1. The van der Waals surface area contributed by atoms with Crippen LogP contribution in [-0.2, 0) is 0 Å². The van der Waals surface area contributed by atoms with E-state index in [0.717, 1.165) is 21.5 Å². The summed E-state index contributed by atoms with van der Waals surface area (Å²) in [6.45, 7) is 2.00. The van der Waals surface area contributed by atoms with Crippen LogP contribution in [0.15, 0.2) is 46.9 Å². The average Bonchev–Trinajstić information content (AvgIpc) is 2.41. The zero-order chi connectivity index (χ0) is 13.8. The zero-order valence-corrected chi connectivity index (χ0v) is 12.4. The lowest BCUT2D eigenvalue weighted by Gasteiger charge is -2.18. The number of methoxy groups -OCH3 is 1. The molecule has 1 atom stereocenters. The van der Waals surface area contributed by atoms with Crippen molar-refractivity contribution in [2.75, 3.05) is 12.4 Å². The summed E-state index contributed by atoms with van der Waals surface area (Å²) in [6, 6.07) is 13.0. The number of nitrogens with one attached hydrogen (secondary N) is 1. The molecule has 2 aromatic rings. The lowest BCUT2D eigenvalue weighted by Crippen LogP contribution is -2.07. The van der Waals surface area contributed by atoms with Gasteiger partial charge in [0.2, 0.25) is 0 Å². The maximum absolute atomic E-state index is 9.85. The second-order valence-corrected chi connectivity index (χ2v) is 5.12. The highest BCUT2D eigenvalue weighted by Crippen LogP contribution is 2.32. The Morgan fingerprint density at radius 3 is 2.63 bits per heavy atom. The fraction of sp³-hybridized carbons (Fsp3) is 0.200. The highest BCUT2D eigenvalue weighted by atomic mass is 79.9. The van der Waals surface area contributed by atoms with E-state index in [2.05, 4.69) is 21.2 Å². The molecule has 2 rings (SSSR count). The van der Waals surface area contributed by atoms with Crippen molar-refractivity contribution in [1.82, 2.24) is 0 Å². The summed E-state index contributed by atoms with van der Waals surface area (Å²) in [5, 5.41) is 13.2. The fourth-order valence-electron chi connectivity index (χ4n) is 1.91. The van der Waals surface area contributed by atoms with Crippen molar-refractivity contribution < 1.29 is 9.84 Å². The van der Waals surface area contributed by atoms with Crippen LogP contribution < -0.4 is 10.1 Å². The summed E-state index contributed by atoms with van der Waals surface area (Å²) >= 11 is 3.50. The van der Waals surface area contributed by atoms with Gasteiger partial charge >= 0.3 is 0 Å². The number of halogens is 1. The van der Waals surface area contributed by atoms with E-state index in [1.165, 1.54) is 0 Å². The summed E-state index contributed by atoms with van der Waals surface area (Å²) in [7, 11) is 1.64. The first kappa shape index (κ1) is 13.7. The molecular formula is C15H16BrNO2. The zero-order valence-electron chi connectivity index (χ0n) is 10.9. The molecule has 100 valence electrons. The van der Waals surface area contributed by atoms with E-state index in [0.29, 0.717) is 5.75 Å². The molecular weight excluding hydrogens is 306 g/mol. The van der Waals surface area contributed by atoms with Crippen LogP contribution in [0.4, 0.5) is 5.69 Å². The number of para-hydroxylation sites is 1. The molecule has 0 heterocycles. The lowest BCUT2D eigenvalue weighted by atomic mass is 10.1. The van der Waals surface area contributed by atoms with Gasteiger partial charge in [-0.05, 0) is 41.1 Å². The van der Waals surface area contributed by atoms with Crippen molar-refractivity contribution in [3.05, 3.63) is 52.5 Å². The van der Waals surface area contributed by atoms with Gasteiger partial charge in [-0.3, -0.25) is 0 Å². The molecule has 0 aliphatic rings. The molecule has 0 fully saturated rings. The number of ether oxygens (including phenoxy) is 1. The van der Waals surface area contributed by atoms with Crippen LogP contribution in [0.1, 0.15) is 18.5 Å². The number of hydrogen-bond donors (Lipinski definition) is 2. The van der Waals surface area contributed by atoms with Crippen LogP contribution in [-0.4, -0.2) is 12.2 Å². The van der Waals surface area contributed by atoms with E-state index in [1.54, 1.807) is 13.2 Å². The second kappa shape index (κ2) is 5.97. The summed E-state index contributed by atoms with van der Waals surface area (Å²) in [5.41, 5.74) is 1.78. The molecule has 0 bridgehead atoms. The minimum atomic E-state index is -0.00962. The number of benzene rings is 2. The van der Waals surface area contributed by atoms with E-state index in [1.807, 2.05) is 43.3 Å². The van der Waals surface area contributed by atoms with Gasteiger partial charge in [-0.15, -0.1) is 0 Å². The highest BCUT2D eigenvalue weighted by Gasteiger charge is 2.11. The quantitative estimate of drug-likeness (QED) is 0.880. The lowest BCUT2D eigenvalue weighted by molar-refractivity contribution is 0.415. The van der Waals surface area contributed by atoms with Crippen molar-refractivity contribution >= 4 is 21.6 Å². The molecule has 0 spiro atoms. The third-order valence-electron chi connectivity index (χ3n) is 2.95. The Hall–Kier alpha value is -1.68. The Balaban J connectivity index is 2.24. The molecule has 2 N–H and O–H groups in total. The van der Waals surface area contributed by atoms with Crippen LogP contribution >= 0.6 is 15.9 Å². The Morgan fingerprint density at radius 2 is 1.95 bits per heavy atom. The average molecular weight is 322 g/mol. The van der Waals surface area contributed by atoms with Crippen LogP contribution in [0, 0.1) is 0 Å². The molecule has 0 aliphatic carbocycles. The van der Waals surface area contributed by atoms with E-state index in [9.17, 15) is 5.11 Å². The minimum absolute atomic E-state index is 0.00962. The van der Waals surface area contributed by atoms with Crippen LogP contribution in [0.2, 0.25) is 0 Å². The van der Waals surface area contributed by atoms with E-state index >= 15 is 0 Å². The molecule has 2 aromatic carbocycles. The maximum atomic E-state index is 9.85. The topological polar surface area (TPSA) is 41.5 Å². The van der Waals surface area contributed by atoms with Crippen LogP contribution in [0.3, 0.4) is 0 Å². The maximum Gasteiger partial charge on any atom is 0.121 e. The fourth-order valence-corrected chi connectivity index (χ4v) is 2.27. The largest absolute Gasteiger partial charge is 0.508 e. The van der Waals surface area contributed by atoms with E-state index in [4.69, 9.17) is 4.74 Å². The van der Waals surface area contributed by atoms with Crippen molar-refractivity contribution in [2.24, 2.45) is 0 Å². The number of hydrogen-bond acceptors (Lipinski definition) is 3. The van der Waals surface area contributed by atoms with Gasteiger partial charge in [-0.1, -0.05) is 18.2 Å². The minimum Gasteiger partial charge on any atom is -0.508 e. The summed E-state index contributed by atoms with van der Waals surface area (Å²) in [6.07, 6.45) is 0. The Bertz CT molecular complexity index is 572. The number of rotatable bonds is 4. The molecule has 0 saturated heterocycles. The molecule has 0 saturated carbocycles. The van der Waals surface area contributed by atoms with Gasteiger partial charge in [0, 0.05) is 16.1 Å². The van der Waals surface area contributed by atoms with Gasteiger partial charge in [0.15, 0.2) is 0 Å². The summed E-state index contributed by atoms with van der Waals surface area (Å²) in [5.74, 6) is 1.08. The molecule has 0 aromatic heterocycles. The Labute approximate surface area is 121 Å². The van der Waals surface area contributed by atoms with Crippen LogP contribution in [0.25, 0.3) is 0 Å². The van der Waals surface area contributed by atoms with Crippen LogP contribution in [0.5, 0.6) is 11.5 Å². The highest BCUT2D eigenvalue weighted by molar-refractivity contribution is 9.10. The normalized spacial score (nSPS) is 11.9. The predicted octanol–water partition coefficient (Wildman–Crippen LogP) is 4.34. The predicted molar refractivity (Wildman–Crippen MR) is 80.8 cm³/mol. The first-order valence-electron chi connectivity index (χ1n) is 6.00. The van der Waals surface area contributed by atoms with Gasteiger partial charge in [-0.2, -0.15) is 0 Å². The third kappa shape index (κ3) is 3.20. The van der Waals surface area contributed by atoms with E-state index < -0.39 is 0 Å². The first-order chi connectivity index (χ1) is 9.11. The molecule has 0 radical (unpaired) electrons. The van der Waals surface area contributed by atoms with E-state index in [-0.39, 0.29) is 6.04 Å². The second-order valence-electron chi connectivity index (χ2n) is 4.27. The van der Waals surface area contributed by atoms with Gasteiger partial charge in [0.05, 0.1) is 18.8 Å². The smallest absolute Gasteiger partial charge is 0.121 e. The molecule has 3 nitrogen and oxygen atoms in total. The molecule has 0 amide bonds. The van der Waals surface area contributed by atoms with Gasteiger partial charge < -0.3 is 15.2 Å². The van der Waals surface area contributed by atoms with Crippen molar-refractivity contribution in [2.45, 2.75) is 13.0 Å². The van der Waals surface area contributed by atoms with Gasteiger partial charge in [0.1, 0.15) is 11.5 Å². The molecule has 4 heteroatoms. The van der Waals surface area contributed by atoms with Crippen molar-refractivity contribution in [1.29, 1.82) is 0 Å². The number of phenols is 1. The Morgan fingerprint density at radius 1 is 1.21 bits per heavy atom. The van der Waals surface area contributed by atoms with Gasteiger partial charge in [-0.25, -0.2) is 0 Å².